The maximum atomic E-state index is 11.0. The highest BCUT2D eigenvalue weighted by atomic mass is 16.5. The minimum absolute atomic E-state index is 0.0984. The Morgan fingerprint density at radius 2 is 2.00 bits per heavy atom. The Morgan fingerprint density at radius 1 is 1.33 bits per heavy atom. The lowest BCUT2D eigenvalue weighted by Gasteiger charge is -2.30. The second-order valence-corrected chi connectivity index (χ2v) is 5.52. The van der Waals surface area contributed by atoms with Gasteiger partial charge in [-0.05, 0) is 71.9 Å². The second-order valence-electron chi connectivity index (χ2n) is 5.52. The van der Waals surface area contributed by atoms with Crippen LogP contribution in [-0.4, -0.2) is 63.2 Å². The van der Waals surface area contributed by atoms with Crippen molar-refractivity contribution in [3.63, 3.8) is 0 Å². The second kappa shape index (κ2) is 8.48. The maximum absolute atomic E-state index is 11.0. The third-order valence-electron chi connectivity index (χ3n) is 3.91. The molecule has 4 heteroatoms. The van der Waals surface area contributed by atoms with Crippen molar-refractivity contribution in [3.8, 4) is 0 Å². The molecular weight excluding hydrogens is 228 g/mol. The molecule has 1 aliphatic heterocycles. The van der Waals surface area contributed by atoms with Crippen LogP contribution >= 0.6 is 0 Å². The van der Waals surface area contributed by atoms with E-state index in [1.54, 1.807) is 0 Å². The SMILES string of the molecule is COC(=O)CCCN(C)CCC1CCN(C)CC1. The molecule has 1 rings (SSSR count). The van der Waals surface area contributed by atoms with Gasteiger partial charge in [-0.3, -0.25) is 4.79 Å². The summed E-state index contributed by atoms with van der Waals surface area (Å²) in [5.41, 5.74) is 0. The van der Waals surface area contributed by atoms with Gasteiger partial charge in [-0.25, -0.2) is 0 Å². The number of esters is 1. The number of likely N-dealkylation sites (tertiary alicyclic amines) is 1. The standard InChI is InChI=1S/C14H28N2O2/c1-15(9-4-5-14(17)18-3)10-6-13-7-11-16(2)12-8-13/h13H,4-12H2,1-3H3. The van der Waals surface area contributed by atoms with Crippen molar-refractivity contribution < 1.29 is 9.53 Å². The molecule has 0 spiro atoms. The first kappa shape index (κ1) is 15.4. The molecule has 0 unspecified atom stereocenters. The topological polar surface area (TPSA) is 32.8 Å². The van der Waals surface area contributed by atoms with Gasteiger partial charge >= 0.3 is 5.97 Å². The highest BCUT2D eigenvalue weighted by molar-refractivity contribution is 5.69. The number of nitrogens with zero attached hydrogens (tertiary/aromatic N) is 2. The number of ether oxygens (including phenoxy) is 1. The van der Waals surface area contributed by atoms with E-state index in [4.69, 9.17) is 0 Å². The number of methoxy groups -OCH3 is 1. The smallest absolute Gasteiger partial charge is 0.305 e. The molecule has 0 saturated carbocycles. The number of carbonyl (C=O) groups is 1. The van der Waals surface area contributed by atoms with Gasteiger partial charge in [0.25, 0.3) is 0 Å². The summed E-state index contributed by atoms with van der Waals surface area (Å²) in [6, 6.07) is 0. The highest BCUT2D eigenvalue weighted by Gasteiger charge is 2.16. The van der Waals surface area contributed by atoms with Gasteiger partial charge in [-0.2, -0.15) is 0 Å². The third-order valence-corrected chi connectivity index (χ3v) is 3.91. The number of carbonyl (C=O) groups excluding carboxylic acids is 1. The molecule has 0 bridgehead atoms. The van der Waals surface area contributed by atoms with Crippen LogP contribution in [0.25, 0.3) is 0 Å². The monoisotopic (exact) mass is 256 g/mol. The first-order valence-electron chi connectivity index (χ1n) is 7.05. The molecule has 0 N–H and O–H groups in total. The van der Waals surface area contributed by atoms with Crippen LogP contribution < -0.4 is 0 Å². The lowest BCUT2D eigenvalue weighted by molar-refractivity contribution is -0.140. The maximum Gasteiger partial charge on any atom is 0.305 e. The summed E-state index contributed by atoms with van der Waals surface area (Å²) in [6.07, 6.45) is 5.41. The summed E-state index contributed by atoms with van der Waals surface area (Å²) >= 11 is 0. The lowest BCUT2D eigenvalue weighted by atomic mass is 9.94. The van der Waals surface area contributed by atoms with Crippen molar-refractivity contribution in [2.24, 2.45) is 5.92 Å². The van der Waals surface area contributed by atoms with Crippen LogP contribution in [-0.2, 0) is 9.53 Å². The molecule has 18 heavy (non-hydrogen) atoms. The van der Waals surface area contributed by atoms with Gasteiger partial charge in [0.2, 0.25) is 0 Å². The quantitative estimate of drug-likeness (QED) is 0.648. The van der Waals surface area contributed by atoms with Crippen molar-refractivity contribution in [2.75, 3.05) is 47.4 Å². The lowest BCUT2D eigenvalue weighted by Crippen LogP contribution is -2.32. The van der Waals surface area contributed by atoms with Crippen LogP contribution in [0.3, 0.4) is 0 Å². The van der Waals surface area contributed by atoms with Crippen molar-refractivity contribution in [1.29, 1.82) is 0 Å². The molecule has 0 aromatic heterocycles. The summed E-state index contributed by atoms with van der Waals surface area (Å²) in [5.74, 6) is 0.794. The van der Waals surface area contributed by atoms with E-state index in [-0.39, 0.29) is 5.97 Å². The van der Waals surface area contributed by atoms with Crippen molar-refractivity contribution in [1.82, 2.24) is 9.80 Å². The van der Waals surface area contributed by atoms with Gasteiger partial charge in [0, 0.05) is 6.42 Å². The van der Waals surface area contributed by atoms with Crippen LogP contribution in [0.2, 0.25) is 0 Å². The zero-order valence-electron chi connectivity index (χ0n) is 12.2. The minimum Gasteiger partial charge on any atom is -0.469 e. The van der Waals surface area contributed by atoms with Crippen LogP contribution in [0.5, 0.6) is 0 Å². The van der Waals surface area contributed by atoms with Gasteiger partial charge in [0.05, 0.1) is 7.11 Å². The van der Waals surface area contributed by atoms with Gasteiger partial charge in [-0.1, -0.05) is 0 Å². The number of hydrogen-bond acceptors (Lipinski definition) is 4. The molecule has 106 valence electrons. The summed E-state index contributed by atoms with van der Waals surface area (Å²) < 4.78 is 4.64. The van der Waals surface area contributed by atoms with E-state index in [0.29, 0.717) is 6.42 Å². The fraction of sp³-hybridized carbons (Fsp3) is 0.929. The summed E-state index contributed by atoms with van der Waals surface area (Å²) in [5, 5.41) is 0. The van der Waals surface area contributed by atoms with Crippen LogP contribution in [0, 0.1) is 5.92 Å². The van der Waals surface area contributed by atoms with Gasteiger partial charge in [0.15, 0.2) is 0 Å². The van der Waals surface area contributed by atoms with E-state index in [9.17, 15) is 4.79 Å². The fourth-order valence-electron chi connectivity index (χ4n) is 2.46. The molecule has 0 atom stereocenters. The molecule has 1 fully saturated rings. The predicted molar refractivity (Wildman–Crippen MR) is 73.6 cm³/mol. The third kappa shape index (κ3) is 6.36. The van der Waals surface area contributed by atoms with Gasteiger partial charge < -0.3 is 14.5 Å². The first-order chi connectivity index (χ1) is 8.61. The molecule has 1 saturated heterocycles. The molecule has 0 aliphatic carbocycles. The molecule has 1 aliphatic rings. The Balaban J connectivity index is 2.02. The van der Waals surface area contributed by atoms with Crippen LogP contribution in [0.1, 0.15) is 32.1 Å². The van der Waals surface area contributed by atoms with E-state index in [0.717, 1.165) is 25.4 Å². The molecule has 1 heterocycles. The normalized spacial score (nSPS) is 18.2. The van der Waals surface area contributed by atoms with E-state index in [1.807, 2.05) is 0 Å². The average molecular weight is 256 g/mol. The molecular formula is C14H28N2O2. The molecule has 0 aromatic rings. The van der Waals surface area contributed by atoms with E-state index in [1.165, 1.54) is 39.5 Å². The zero-order valence-corrected chi connectivity index (χ0v) is 12.2. The van der Waals surface area contributed by atoms with Crippen molar-refractivity contribution in [3.05, 3.63) is 0 Å². The summed E-state index contributed by atoms with van der Waals surface area (Å²) in [6.45, 7) is 4.63. The number of piperidine rings is 1. The largest absolute Gasteiger partial charge is 0.469 e. The Hall–Kier alpha value is -0.610. The number of hydrogen-bond donors (Lipinski definition) is 0. The zero-order chi connectivity index (χ0) is 13.4. The molecule has 4 nitrogen and oxygen atoms in total. The highest BCUT2D eigenvalue weighted by Crippen LogP contribution is 2.19. The molecule has 0 amide bonds. The van der Waals surface area contributed by atoms with Crippen molar-refractivity contribution in [2.45, 2.75) is 32.1 Å². The summed E-state index contributed by atoms with van der Waals surface area (Å²) in [7, 11) is 5.80. The average Bonchev–Trinajstić information content (AvgIpc) is 2.38. The molecule has 0 radical (unpaired) electrons. The Morgan fingerprint density at radius 3 is 2.61 bits per heavy atom. The fourth-order valence-corrected chi connectivity index (χ4v) is 2.46. The van der Waals surface area contributed by atoms with Crippen LogP contribution in [0.15, 0.2) is 0 Å². The summed E-state index contributed by atoms with van der Waals surface area (Å²) in [4.78, 5) is 15.7. The van der Waals surface area contributed by atoms with E-state index >= 15 is 0 Å². The van der Waals surface area contributed by atoms with Crippen molar-refractivity contribution >= 4 is 5.97 Å². The Bertz CT molecular complexity index is 238. The Labute approximate surface area is 111 Å². The first-order valence-corrected chi connectivity index (χ1v) is 7.05. The minimum atomic E-state index is -0.0984. The number of rotatable bonds is 7. The van der Waals surface area contributed by atoms with Gasteiger partial charge in [0.1, 0.15) is 0 Å². The Kier molecular flexibility index (Phi) is 7.28. The predicted octanol–water partition coefficient (Wildman–Crippen LogP) is 1.60. The van der Waals surface area contributed by atoms with E-state index < -0.39 is 0 Å². The van der Waals surface area contributed by atoms with Crippen LogP contribution in [0.4, 0.5) is 0 Å². The molecule has 0 aromatic carbocycles. The van der Waals surface area contributed by atoms with Gasteiger partial charge in [-0.15, -0.1) is 0 Å². The van der Waals surface area contributed by atoms with E-state index in [2.05, 4.69) is 28.6 Å².